The van der Waals surface area contributed by atoms with Crippen LogP contribution >= 0.6 is 23.4 Å². The van der Waals surface area contributed by atoms with Crippen molar-refractivity contribution in [2.24, 2.45) is 0 Å². The molecule has 1 nitrogen and oxygen atoms in total. The van der Waals surface area contributed by atoms with Crippen LogP contribution in [0.25, 0.3) is 0 Å². The Balaban J connectivity index is 3.57. The van der Waals surface area contributed by atoms with Crippen LogP contribution in [-0.2, 0) is 4.79 Å². The van der Waals surface area contributed by atoms with Crippen LogP contribution in [0.5, 0.6) is 0 Å². The van der Waals surface area contributed by atoms with Gasteiger partial charge in [-0.15, -0.1) is 0 Å². The van der Waals surface area contributed by atoms with E-state index in [1.54, 1.807) is 18.4 Å². The summed E-state index contributed by atoms with van der Waals surface area (Å²) in [7, 11) is 0. The lowest BCUT2D eigenvalue weighted by Gasteiger charge is -1.79. The number of allylic oxidation sites excluding steroid dienone is 2. The molecule has 0 aliphatic rings. The molecule has 0 saturated heterocycles. The smallest absolute Gasteiger partial charge is 0.211 e. The van der Waals surface area contributed by atoms with Crippen LogP contribution in [0.15, 0.2) is 23.8 Å². The van der Waals surface area contributed by atoms with Gasteiger partial charge in [-0.2, -0.15) is 0 Å². The Morgan fingerprint density at radius 2 is 2.22 bits per heavy atom. The first-order valence-electron chi connectivity index (χ1n) is 2.32. The topological polar surface area (TPSA) is 17.1 Å². The molecular formula is C6H7ClOS. The van der Waals surface area contributed by atoms with E-state index in [0.717, 1.165) is 0 Å². The summed E-state index contributed by atoms with van der Waals surface area (Å²) in [6.45, 7) is 0. The molecule has 0 rings (SSSR count). The second kappa shape index (κ2) is 5.92. The molecule has 0 spiro atoms. The molecule has 0 unspecified atom stereocenters. The predicted octanol–water partition coefficient (Wildman–Crippen LogP) is 2.18. The van der Waals surface area contributed by atoms with Crippen LogP contribution in [0.4, 0.5) is 0 Å². The highest BCUT2D eigenvalue weighted by molar-refractivity contribution is 8.13. The van der Waals surface area contributed by atoms with Gasteiger partial charge in [0.05, 0.1) is 0 Å². The molecule has 0 aromatic rings. The van der Waals surface area contributed by atoms with E-state index in [1.165, 1.54) is 23.4 Å². The Hall–Kier alpha value is -0.210. The van der Waals surface area contributed by atoms with Crippen molar-refractivity contribution in [3.05, 3.63) is 23.8 Å². The van der Waals surface area contributed by atoms with E-state index in [-0.39, 0.29) is 5.12 Å². The number of carbonyl (C=O) groups is 1. The van der Waals surface area contributed by atoms with Crippen molar-refractivity contribution in [1.29, 1.82) is 0 Å². The maximum absolute atomic E-state index is 10.5. The largest absolute Gasteiger partial charge is 0.282 e. The van der Waals surface area contributed by atoms with Gasteiger partial charge in [0, 0.05) is 5.54 Å². The molecule has 0 fully saturated rings. The zero-order valence-corrected chi connectivity index (χ0v) is 6.58. The number of hydrogen-bond donors (Lipinski definition) is 0. The molecule has 0 atom stereocenters. The third-order valence-corrected chi connectivity index (χ3v) is 1.30. The van der Waals surface area contributed by atoms with Crippen LogP contribution < -0.4 is 0 Å². The van der Waals surface area contributed by atoms with Crippen molar-refractivity contribution < 1.29 is 4.79 Å². The highest BCUT2D eigenvalue weighted by atomic mass is 35.5. The van der Waals surface area contributed by atoms with Crippen molar-refractivity contribution in [3.63, 3.8) is 0 Å². The Kier molecular flexibility index (Phi) is 5.78. The van der Waals surface area contributed by atoms with Crippen molar-refractivity contribution in [1.82, 2.24) is 0 Å². The zero-order valence-electron chi connectivity index (χ0n) is 5.00. The molecule has 0 bridgehead atoms. The molecule has 0 aliphatic heterocycles. The van der Waals surface area contributed by atoms with Crippen molar-refractivity contribution in [2.45, 2.75) is 0 Å². The summed E-state index contributed by atoms with van der Waals surface area (Å²) < 4.78 is 0. The van der Waals surface area contributed by atoms with Gasteiger partial charge in [-0.1, -0.05) is 35.5 Å². The zero-order chi connectivity index (χ0) is 7.11. The van der Waals surface area contributed by atoms with E-state index in [1.807, 2.05) is 0 Å². The van der Waals surface area contributed by atoms with Crippen LogP contribution in [0.3, 0.4) is 0 Å². The van der Waals surface area contributed by atoms with Gasteiger partial charge in [0.2, 0.25) is 5.12 Å². The second-order valence-electron chi connectivity index (χ2n) is 1.20. The van der Waals surface area contributed by atoms with Crippen LogP contribution in [0, 0.1) is 0 Å². The maximum atomic E-state index is 10.5. The molecule has 0 N–H and O–H groups in total. The summed E-state index contributed by atoms with van der Waals surface area (Å²) >= 11 is 6.35. The molecule has 0 radical (unpaired) electrons. The van der Waals surface area contributed by atoms with E-state index >= 15 is 0 Å². The van der Waals surface area contributed by atoms with E-state index < -0.39 is 0 Å². The molecule has 50 valence electrons. The minimum Gasteiger partial charge on any atom is -0.282 e. The fourth-order valence-corrected chi connectivity index (χ4v) is 0.543. The number of hydrogen-bond acceptors (Lipinski definition) is 2. The van der Waals surface area contributed by atoms with Crippen molar-refractivity contribution in [2.75, 3.05) is 6.26 Å². The van der Waals surface area contributed by atoms with E-state index in [0.29, 0.717) is 0 Å². The molecule has 0 amide bonds. The molecule has 0 aliphatic carbocycles. The molecule has 0 heterocycles. The van der Waals surface area contributed by atoms with E-state index in [4.69, 9.17) is 11.6 Å². The molecule has 9 heavy (non-hydrogen) atoms. The highest BCUT2D eigenvalue weighted by Crippen LogP contribution is 1.95. The first-order valence-corrected chi connectivity index (χ1v) is 3.98. The summed E-state index contributed by atoms with van der Waals surface area (Å²) in [5.41, 5.74) is 1.35. The average molecular weight is 163 g/mol. The van der Waals surface area contributed by atoms with Crippen molar-refractivity contribution in [3.8, 4) is 0 Å². The van der Waals surface area contributed by atoms with Gasteiger partial charge in [0.25, 0.3) is 0 Å². The van der Waals surface area contributed by atoms with Crippen LogP contribution in [0.2, 0.25) is 0 Å². The molecule has 0 aromatic heterocycles. The lowest BCUT2D eigenvalue weighted by atomic mass is 10.5. The first kappa shape index (κ1) is 8.79. The predicted molar refractivity (Wildman–Crippen MR) is 42.7 cm³/mol. The third kappa shape index (κ3) is 5.66. The van der Waals surface area contributed by atoms with Gasteiger partial charge in [-0.05, 0) is 12.3 Å². The fourth-order valence-electron chi connectivity index (χ4n) is 0.244. The SMILES string of the molecule is CSC(=O)/C=C/C=C/Cl. The fraction of sp³-hybridized carbons (Fsp3) is 0.167. The van der Waals surface area contributed by atoms with E-state index in [2.05, 4.69) is 0 Å². The van der Waals surface area contributed by atoms with Gasteiger partial charge < -0.3 is 0 Å². The van der Waals surface area contributed by atoms with Gasteiger partial charge >= 0.3 is 0 Å². The van der Waals surface area contributed by atoms with Gasteiger partial charge in [-0.25, -0.2) is 0 Å². The number of halogens is 1. The average Bonchev–Trinajstić information content (AvgIpc) is 1.89. The monoisotopic (exact) mass is 162 g/mol. The normalized spacial score (nSPS) is 11.3. The van der Waals surface area contributed by atoms with Gasteiger partial charge in [-0.3, -0.25) is 4.79 Å². The van der Waals surface area contributed by atoms with Crippen LogP contribution in [0.1, 0.15) is 0 Å². The Bertz CT molecular complexity index is 140. The quantitative estimate of drug-likeness (QED) is 0.458. The summed E-state index contributed by atoms with van der Waals surface area (Å²) in [5.74, 6) is 0. The summed E-state index contributed by atoms with van der Waals surface area (Å²) in [5, 5.41) is 0.0322. The number of thioether (sulfide) groups is 1. The minimum atomic E-state index is 0.0322. The molecule has 0 aromatic carbocycles. The lowest BCUT2D eigenvalue weighted by molar-refractivity contribution is -0.107. The number of rotatable bonds is 2. The van der Waals surface area contributed by atoms with Gasteiger partial charge in [0.15, 0.2) is 0 Å². The summed E-state index contributed by atoms with van der Waals surface area (Å²) in [6, 6.07) is 0. The first-order chi connectivity index (χ1) is 4.31. The molecular weight excluding hydrogens is 156 g/mol. The Morgan fingerprint density at radius 3 is 2.67 bits per heavy atom. The van der Waals surface area contributed by atoms with Crippen LogP contribution in [-0.4, -0.2) is 11.4 Å². The number of carbonyl (C=O) groups excluding carboxylic acids is 1. The summed E-state index contributed by atoms with van der Waals surface area (Å²) in [6.07, 6.45) is 6.39. The second-order valence-corrected chi connectivity index (χ2v) is 2.26. The molecule has 0 saturated carbocycles. The standard InChI is InChI=1S/C6H7ClOS/c1-9-6(8)4-2-3-5-7/h2-5H,1H3/b4-2+,5-3+. The lowest BCUT2D eigenvalue weighted by Crippen LogP contribution is -1.78. The van der Waals surface area contributed by atoms with Gasteiger partial charge in [0.1, 0.15) is 0 Å². The summed E-state index contributed by atoms with van der Waals surface area (Å²) in [4.78, 5) is 10.5. The molecule has 3 heteroatoms. The Morgan fingerprint density at radius 1 is 1.56 bits per heavy atom. The van der Waals surface area contributed by atoms with E-state index in [9.17, 15) is 4.79 Å². The third-order valence-electron chi connectivity index (χ3n) is 0.617. The minimum absolute atomic E-state index is 0.0322. The van der Waals surface area contributed by atoms with Crippen molar-refractivity contribution >= 4 is 28.5 Å². The Labute approximate surface area is 63.8 Å². The highest BCUT2D eigenvalue weighted by Gasteiger charge is 1.85. The maximum Gasteiger partial charge on any atom is 0.211 e.